The maximum atomic E-state index is 5.37. The van der Waals surface area contributed by atoms with Crippen molar-refractivity contribution < 1.29 is 18.9 Å². The number of benzene rings is 3. The minimum Gasteiger partial charge on any atom is -0.497 e. The molecule has 0 atom stereocenters. The van der Waals surface area contributed by atoms with Gasteiger partial charge in [0.1, 0.15) is 23.0 Å². The Morgan fingerprint density at radius 2 is 0.976 bits per heavy atom. The summed E-state index contributed by atoms with van der Waals surface area (Å²) >= 11 is 0. The molecule has 42 heavy (non-hydrogen) atoms. The van der Waals surface area contributed by atoms with Crippen LogP contribution in [0.3, 0.4) is 0 Å². The van der Waals surface area contributed by atoms with Gasteiger partial charge in [0.25, 0.3) is 0 Å². The average molecular weight is 553 g/mol. The van der Waals surface area contributed by atoms with Gasteiger partial charge in [0.15, 0.2) is 0 Å². The number of rotatable bonds is 6. The van der Waals surface area contributed by atoms with E-state index in [1.165, 1.54) is 0 Å². The molecule has 6 heteroatoms. The molecule has 206 valence electrons. The van der Waals surface area contributed by atoms with Crippen LogP contribution in [0.25, 0.3) is 22.5 Å². The molecule has 0 unspecified atom stereocenters. The van der Waals surface area contributed by atoms with Gasteiger partial charge in [0.2, 0.25) is 0 Å². The zero-order chi connectivity index (χ0) is 29.3. The lowest BCUT2D eigenvalue weighted by atomic mass is 10.00. The van der Waals surface area contributed by atoms with Crippen LogP contribution in [0.4, 0.5) is 0 Å². The second-order valence-electron chi connectivity index (χ2n) is 9.12. The lowest BCUT2D eigenvalue weighted by Crippen LogP contribution is -1.94. The van der Waals surface area contributed by atoms with Crippen LogP contribution in [-0.4, -0.2) is 38.4 Å². The Bertz CT molecular complexity index is 1780. The summed E-state index contributed by atoms with van der Waals surface area (Å²) in [4.78, 5) is 9.49. The van der Waals surface area contributed by atoms with Gasteiger partial charge < -0.3 is 18.9 Å². The van der Waals surface area contributed by atoms with E-state index in [1.54, 1.807) is 40.8 Å². The molecule has 0 aliphatic carbocycles. The maximum Gasteiger partial charge on any atom is 0.123 e. The molecular weight excluding hydrogens is 524 g/mol. The third-order valence-corrected chi connectivity index (χ3v) is 6.38. The Kier molecular flexibility index (Phi) is 8.67. The van der Waals surface area contributed by atoms with Gasteiger partial charge in [-0.3, -0.25) is 9.97 Å². The second kappa shape index (κ2) is 13.1. The van der Waals surface area contributed by atoms with Crippen LogP contribution >= 0.6 is 0 Å². The molecule has 6 nitrogen and oxygen atoms in total. The number of aromatic nitrogens is 2. The highest BCUT2D eigenvalue weighted by atomic mass is 16.5. The van der Waals surface area contributed by atoms with E-state index in [2.05, 4.69) is 23.7 Å². The topological polar surface area (TPSA) is 62.7 Å². The SMILES string of the molecule is COc1cc(C#Cc2ccc(-c3ncc(C#Cc4cc(OC)cc(OC)c4)cc3-c3ccccc3)nc2)cc(OC)c1. The molecular formula is C36H28N2O4. The number of nitrogens with zero attached hydrogens (tertiary/aromatic N) is 2. The Morgan fingerprint density at radius 3 is 1.48 bits per heavy atom. The summed E-state index contributed by atoms with van der Waals surface area (Å²) in [5.41, 5.74) is 6.55. The van der Waals surface area contributed by atoms with Crippen molar-refractivity contribution in [2.45, 2.75) is 0 Å². The van der Waals surface area contributed by atoms with Crippen molar-refractivity contribution >= 4 is 0 Å². The summed E-state index contributed by atoms with van der Waals surface area (Å²) in [5, 5.41) is 0. The lowest BCUT2D eigenvalue weighted by Gasteiger charge is -2.09. The molecule has 0 spiro atoms. The van der Waals surface area contributed by atoms with E-state index in [0.717, 1.165) is 44.8 Å². The minimum absolute atomic E-state index is 0.680. The average Bonchev–Trinajstić information content (AvgIpc) is 3.06. The Morgan fingerprint density at radius 1 is 0.476 bits per heavy atom. The van der Waals surface area contributed by atoms with Gasteiger partial charge in [-0.1, -0.05) is 54.0 Å². The van der Waals surface area contributed by atoms with Crippen LogP contribution in [0.15, 0.2) is 97.3 Å². The third-order valence-electron chi connectivity index (χ3n) is 6.38. The summed E-state index contributed by atoms with van der Waals surface area (Å²) in [6.45, 7) is 0. The summed E-state index contributed by atoms with van der Waals surface area (Å²) < 4.78 is 21.4. The largest absolute Gasteiger partial charge is 0.497 e. The molecule has 0 amide bonds. The number of pyridine rings is 2. The molecule has 5 rings (SSSR count). The van der Waals surface area contributed by atoms with Crippen LogP contribution in [0.5, 0.6) is 23.0 Å². The molecule has 0 aliphatic heterocycles. The molecule has 0 N–H and O–H groups in total. The molecule has 2 heterocycles. The highest BCUT2D eigenvalue weighted by Gasteiger charge is 2.11. The first-order valence-corrected chi connectivity index (χ1v) is 13.1. The van der Waals surface area contributed by atoms with Gasteiger partial charge in [-0.05, 0) is 48.0 Å². The first-order valence-electron chi connectivity index (χ1n) is 13.1. The normalized spacial score (nSPS) is 10.0. The van der Waals surface area contributed by atoms with Crippen molar-refractivity contribution in [3.05, 3.63) is 120 Å². The highest BCUT2D eigenvalue weighted by Crippen LogP contribution is 2.30. The molecule has 0 fully saturated rings. The number of hydrogen-bond donors (Lipinski definition) is 0. The molecule has 5 aromatic rings. The van der Waals surface area contributed by atoms with Crippen molar-refractivity contribution in [2.24, 2.45) is 0 Å². The summed E-state index contributed by atoms with van der Waals surface area (Å²) in [7, 11) is 6.46. The predicted octanol–water partition coefficient (Wildman–Crippen LogP) is 6.64. The first kappa shape index (κ1) is 27.8. The van der Waals surface area contributed by atoms with Crippen molar-refractivity contribution in [3.8, 4) is 69.2 Å². The summed E-state index contributed by atoms with van der Waals surface area (Å²) in [6.07, 6.45) is 3.51. The van der Waals surface area contributed by atoms with Gasteiger partial charge in [-0.25, -0.2) is 0 Å². The quantitative estimate of drug-likeness (QED) is 0.220. The monoisotopic (exact) mass is 552 g/mol. The van der Waals surface area contributed by atoms with Crippen molar-refractivity contribution in [3.63, 3.8) is 0 Å². The molecule has 0 saturated heterocycles. The van der Waals surface area contributed by atoms with Crippen LogP contribution in [-0.2, 0) is 0 Å². The molecule has 0 bridgehead atoms. The lowest BCUT2D eigenvalue weighted by molar-refractivity contribution is 0.394. The Labute approximate surface area is 245 Å². The molecule has 0 saturated carbocycles. The molecule has 2 aromatic heterocycles. The minimum atomic E-state index is 0.680. The van der Waals surface area contributed by atoms with Gasteiger partial charge in [0, 0.05) is 52.3 Å². The number of ether oxygens (including phenoxy) is 4. The smallest absolute Gasteiger partial charge is 0.123 e. The van der Waals surface area contributed by atoms with Crippen LogP contribution < -0.4 is 18.9 Å². The van der Waals surface area contributed by atoms with E-state index in [-0.39, 0.29) is 0 Å². The van der Waals surface area contributed by atoms with Crippen LogP contribution in [0.2, 0.25) is 0 Å². The predicted molar refractivity (Wildman–Crippen MR) is 164 cm³/mol. The summed E-state index contributed by atoms with van der Waals surface area (Å²) in [5.74, 6) is 15.5. The third kappa shape index (κ3) is 6.70. The van der Waals surface area contributed by atoms with E-state index in [1.807, 2.05) is 84.9 Å². The first-order chi connectivity index (χ1) is 20.6. The molecule has 0 radical (unpaired) electrons. The standard InChI is InChI=1S/C36H28N2O4/c1-39-30-16-26(17-31(21-30)40-2)11-10-25-14-15-35(37-23-25)36-34(29-8-6-5-7-9-29)20-28(24-38-36)13-12-27-18-32(41-3)22-33(19-27)42-4/h5-9,14-24H,1-4H3. The summed E-state index contributed by atoms with van der Waals surface area (Å²) in [6, 6.07) is 27.1. The van der Waals surface area contributed by atoms with Gasteiger partial charge in [-0.2, -0.15) is 0 Å². The van der Waals surface area contributed by atoms with E-state index < -0.39 is 0 Å². The number of hydrogen-bond acceptors (Lipinski definition) is 6. The zero-order valence-corrected chi connectivity index (χ0v) is 23.8. The van der Waals surface area contributed by atoms with E-state index in [0.29, 0.717) is 23.0 Å². The van der Waals surface area contributed by atoms with Gasteiger partial charge in [0.05, 0.1) is 39.8 Å². The van der Waals surface area contributed by atoms with Crippen LogP contribution in [0, 0.1) is 23.7 Å². The van der Waals surface area contributed by atoms with Crippen LogP contribution in [0.1, 0.15) is 22.3 Å². The van der Waals surface area contributed by atoms with E-state index >= 15 is 0 Å². The van der Waals surface area contributed by atoms with Gasteiger partial charge in [-0.15, -0.1) is 0 Å². The van der Waals surface area contributed by atoms with Crippen molar-refractivity contribution in [1.82, 2.24) is 9.97 Å². The number of methoxy groups -OCH3 is 4. The molecule has 3 aromatic carbocycles. The maximum absolute atomic E-state index is 5.37. The van der Waals surface area contributed by atoms with Crippen molar-refractivity contribution in [2.75, 3.05) is 28.4 Å². The van der Waals surface area contributed by atoms with Gasteiger partial charge >= 0.3 is 0 Å². The Balaban J connectivity index is 1.47. The fourth-order valence-corrected chi connectivity index (χ4v) is 4.23. The van der Waals surface area contributed by atoms with Crippen molar-refractivity contribution in [1.29, 1.82) is 0 Å². The zero-order valence-electron chi connectivity index (χ0n) is 23.8. The highest BCUT2D eigenvalue weighted by molar-refractivity contribution is 5.80. The van der Waals surface area contributed by atoms with E-state index in [9.17, 15) is 0 Å². The second-order valence-corrected chi connectivity index (χ2v) is 9.12. The fraction of sp³-hybridized carbons (Fsp3) is 0.111. The van der Waals surface area contributed by atoms with E-state index in [4.69, 9.17) is 28.9 Å². The fourth-order valence-electron chi connectivity index (χ4n) is 4.23. The molecule has 0 aliphatic rings. The Hall–Kier alpha value is -5.72.